The highest BCUT2D eigenvalue weighted by atomic mass is 19.3. The fourth-order valence-electron chi connectivity index (χ4n) is 3.53. The molecular weight excluding hydrogens is 284 g/mol. The van der Waals surface area contributed by atoms with Crippen molar-refractivity contribution < 1.29 is 8.78 Å². The van der Waals surface area contributed by atoms with E-state index >= 15 is 0 Å². The largest absolute Gasteiger partial charge is 0.361 e. The summed E-state index contributed by atoms with van der Waals surface area (Å²) < 4.78 is 27.0. The van der Waals surface area contributed by atoms with Gasteiger partial charge in [-0.1, -0.05) is 32.0 Å². The lowest BCUT2D eigenvalue weighted by Gasteiger charge is -2.44. The Morgan fingerprint density at radius 1 is 1.32 bits per heavy atom. The van der Waals surface area contributed by atoms with E-state index in [9.17, 15) is 8.78 Å². The average Bonchev–Trinajstić information content (AvgIpc) is 2.91. The van der Waals surface area contributed by atoms with Crippen LogP contribution in [-0.4, -0.2) is 15.6 Å². The topological polar surface area (TPSA) is 21.1 Å². The highest BCUT2D eigenvalue weighted by Crippen LogP contribution is 2.42. The van der Waals surface area contributed by atoms with Crippen LogP contribution in [0.25, 0.3) is 0 Å². The highest BCUT2D eigenvalue weighted by molar-refractivity contribution is 5.59. The first-order valence-corrected chi connectivity index (χ1v) is 7.56. The lowest BCUT2D eigenvalue weighted by molar-refractivity contribution is 0.0668. The number of benzene rings is 1. The van der Waals surface area contributed by atoms with E-state index < -0.39 is 6.55 Å². The number of alkyl halides is 2. The van der Waals surface area contributed by atoms with Gasteiger partial charge in [-0.05, 0) is 30.4 Å². The Kier molecular flexibility index (Phi) is 3.67. The van der Waals surface area contributed by atoms with Gasteiger partial charge in [0.2, 0.25) is 0 Å². The zero-order chi connectivity index (χ0) is 15.9. The molecule has 5 heteroatoms. The van der Waals surface area contributed by atoms with E-state index in [1.54, 1.807) is 0 Å². The van der Waals surface area contributed by atoms with Gasteiger partial charge in [0.1, 0.15) is 5.82 Å². The molecule has 118 valence electrons. The van der Waals surface area contributed by atoms with Crippen molar-refractivity contribution >= 4 is 5.69 Å². The smallest absolute Gasteiger partial charge is 0.319 e. The van der Waals surface area contributed by atoms with E-state index in [0.29, 0.717) is 12.4 Å². The predicted molar refractivity (Wildman–Crippen MR) is 83.2 cm³/mol. The van der Waals surface area contributed by atoms with Crippen LogP contribution in [0, 0.1) is 0 Å². The molecule has 0 bridgehead atoms. The number of para-hydroxylation sites is 1. The number of fused-ring (bicyclic) bond motifs is 1. The number of hydrogen-bond acceptors (Lipinski definition) is 2. The number of imidazole rings is 1. The summed E-state index contributed by atoms with van der Waals surface area (Å²) in [7, 11) is 0. The van der Waals surface area contributed by atoms with Crippen LogP contribution in [0.2, 0.25) is 0 Å². The van der Waals surface area contributed by atoms with Crippen LogP contribution in [0.5, 0.6) is 0 Å². The number of rotatable bonds is 3. The number of aromatic nitrogens is 2. The summed E-state index contributed by atoms with van der Waals surface area (Å²) >= 11 is 0. The zero-order valence-electron chi connectivity index (χ0n) is 13.1. The molecule has 1 atom stereocenters. The van der Waals surface area contributed by atoms with Crippen LogP contribution in [0.4, 0.5) is 14.5 Å². The maximum Gasteiger partial charge on any atom is 0.319 e. The van der Waals surface area contributed by atoms with Crippen molar-refractivity contribution in [1.29, 1.82) is 0 Å². The number of anilines is 1. The molecule has 0 saturated carbocycles. The SMILES string of the molecule is CC1CC(C)(C)c2ccccc2N1Cc1nccn1C(F)F. The Balaban J connectivity index is 1.98. The molecular formula is C17H21F2N3. The van der Waals surface area contributed by atoms with E-state index in [4.69, 9.17) is 0 Å². The van der Waals surface area contributed by atoms with Gasteiger partial charge in [0, 0.05) is 24.1 Å². The maximum absolute atomic E-state index is 13.0. The molecule has 3 rings (SSSR count). The van der Waals surface area contributed by atoms with Crippen molar-refractivity contribution in [3.05, 3.63) is 48.0 Å². The van der Waals surface area contributed by atoms with Crippen molar-refractivity contribution in [1.82, 2.24) is 9.55 Å². The lowest BCUT2D eigenvalue weighted by Crippen LogP contribution is -2.43. The van der Waals surface area contributed by atoms with Gasteiger partial charge in [0.25, 0.3) is 0 Å². The third-order valence-electron chi connectivity index (χ3n) is 4.55. The van der Waals surface area contributed by atoms with Gasteiger partial charge < -0.3 is 4.90 Å². The standard InChI is InChI=1S/C17H21F2N3/c1-12-10-17(2,3)13-6-4-5-7-14(13)22(12)11-15-20-8-9-21(15)16(18)19/h4-9,12,16H,10-11H2,1-3H3. The van der Waals surface area contributed by atoms with Gasteiger partial charge in [-0.25, -0.2) is 4.98 Å². The van der Waals surface area contributed by atoms with Crippen molar-refractivity contribution in [2.45, 2.75) is 51.7 Å². The Hall–Kier alpha value is -1.91. The van der Waals surface area contributed by atoms with Gasteiger partial charge in [-0.15, -0.1) is 0 Å². The summed E-state index contributed by atoms with van der Waals surface area (Å²) in [5.41, 5.74) is 2.48. The fraction of sp³-hybridized carbons (Fsp3) is 0.471. The first-order valence-electron chi connectivity index (χ1n) is 7.56. The number of nitrogens with zero attached hydrogens (tertiary/aromatic N) is 3. The van der Waals surface area contributed by atoms with Crippen LogP contribution in [-0.2, 0) is 12.0 Å². The average molecular weight is 305 g/mol. The Morgan fingerprint density at radius 2 is 2.05 bits per heavy atom. The zero-order valence-corrected chi connectivity index (χ0v) is 13.1. The number of hydrogen-bond donors (Lipinski definition) is 0. The monoisotopic (exact) mass is 305 g/mol. The molecule has 22 heavy (non-hydrogen) atoms. The van der Waals surface area contributed by atoms with E-state index in [1.807, 2.05) is 12.1 Å². The van der Waals surface area contributed by atoms with Crippen molar-refractivity contribution in [3.8, 4) is 0 Å². The quantitative estimate of drug-likeness (QED) is 0.840. The van der Waals surface area contributed by atoms with E-state index in [1.165, 1.54) is 18.0 Å². The summed E-state index contributed by atoms with van der Waals surface area (Å²) in [5.74, 6) is 0.399. The second-order valence-corrected chi connectivity index (χ2v) is 6.61. The van der Waals surface area contributed by atoms with E-state index in [2.05, 4.69) is 42.8 Å². The molecule has 3 nitrogen and oxygen atoms in total. The summed E-state index contributed by atoms with van der Waals surface area (Å²) in [6.07, 6.45) is 3.76. The molecule has 0 fully saturated rings. The minimum atomic E-state index is -2.55. The van der Waals surface area contributed by atoms with Crippen molar-refractivity contribution in [2.24, 2.45) is 0 Å². The number of halogens is 2. The molecule has 0 saturated heterocycles. The molecule has 0 aliphatic carbocycles. The molecule has 0 radical (unpaired) electrons. The molecule has 0 spiro atoms. The third-order valence-corrected chi connectivity index (χ3v) is 4.55. The van der Waals surface area contributed by atoms with Gasteiger partial charge in [0.15, 0.2) is 0 Å². The Labute approximate surface area is 129 Å². The summed E-state index contributed by atoms with van der Waals surface area (Å²) in [5, 5.41) is 0. The van der Waals surface area contributed by atoms with Gasteiger partial charge in [-0.3, -0.25) is 4.57 Å². The van der Waals surface area contributed by atoms with Crippen LogP contribution in [0.3, 0.4) is 0 Å². The first-order chi connectivity index (χ1) is 10.4. The molecule has 0 N–H and O–H groups in total. The second-order valence-electron chi connectivity index (χ2n) is 6.61. The van der Waals surface area contributed by atoms with Gasteiger partial charge in [0.05, 0.1) is 6.54 Å². The predicted octanol–water partition coefficient (Wildman–Crippen LogP) is 4.35. The molecule has 1 aromatic heterocycles. The Bertz CT molecular complexity index is 663. The maximum atomic E-state index is 13.0. The molecule has 1 unspecified atom stereocenters. The molecule has 2 heterocycles. The first kappa shape index (κ1) is 15.0. The highest BCUT2D eigenvalue weighted by Gasteiger charge is 2.35. The third kappa shape index (κ3) is 2.49. The Morgan fingerprint density at radius 3 is 2.77 bits per heavy atom. The van der Waals surface area contributed by atoms with Crippen LogP contribution >= 0.6 is 0 Å². The lowest BCUT2D eigenvalue weighted by atomic mass is 9.75. The summed E-state index contributed by atoms with van der Waals surface area (Å²) in [6.45, 7) is 4.46. The molecule has 1 aromatic carbocycles. The van der Waals surface area contributed by atoms with E-state index in [0.717, 1.165) is 16.7 Å². The normalized spacial score (nSPS) is 20.3. The van der Waals surface area contributed by atoms with Crippen LogP contribution in [0.1, 0.15) is 45.1 Å². The van der Waals surface area contributed by atoms with Crippen molar-refractivity contribution in [3.63, 3.8) is 0 Å². The fourth-order valence-corrected chi connectivity index (χ4v) is 3.53. The van der Waals surface area contributed by atoms with Crippen LogP contribution < -0.4 is 4.90 Å². The molecule has 1 aliphatic heterocycles. The minimum Gasteiger partial charge on any atom is -0.361 e. The minimum absolute atomic E-state index is 0.0879. The second kappa shape index (κ2) is 5.38. The van der Waals surface area contributed by atoms with Crippen LogP contribution in [0.15, 0.2) is 36.7 Å². The molecule has 1 aliphatic rings. The van der Waals surface area contributed by atoms with Crippen molar-refractivity contribution in [2.75, 3.05) is 4.90 Å². The summed E-state index contributed by atoms with van der Waals surface area (Å²) in [4.78, 5) is 6.30. The van der Waals surface area contributed by atoms with Gasteiger partial charge in [-0.2, -0.15) is 8.78 Å². The van der Waals surface area contributed by atoms with Gasteiger partial charge >= 0.3 is 6.55 Å². The summed E-state index contributed by atoms with van der Waals surface area (Å²) in [6, 6.07) is 8.51. The van der Waals surface area contributed by atoms with E-state index in [-0.39, 0.29) is 11.5 Å². The molecule has 0 amide bonds. The molecule has 2 aromatic rings.